The second-order valence-electron chi connectivity index (χ2n) is 4.70. The molecule has 0 saturated carbocycles. The molecule has 0 aliphatic heterocycles. The summed E-state index contributed by atoms with van der Waals surface area (Å²) >= 11 is 6.13. The third-order valence-corrected chi connectivity index (χ3v) is 5.14. The number of nitrogens with zero attached hydrogens (tertiary/aromatic N) is 1. The smallest absolute Gasteiger partial charge is 0.184 e. The van der Waals surface area contributed by atoms with Crippen LogP contribution in [0.2, 0.25) is 5.15 Å². The van der Waals surface area contributed by atoms with E-state index < -0.39 is 9.84 Å². The molecule has 1 aromatic heterocycles. The average Bonchev–Trinajstić information content (AvgIpc) is 2.48. The molecule has 3 nitrogen and oxygen atoms in total. The highest BCUT2D eigenvalue weighted by molar-refractivity contribution is 7.90. The molecule has 21 heavy (non-hydrogen) atoms. The molecule has 2 aromatic carbocycles. The Kier molecular flexibility index (Phi) is 3.66. The molecule has 0 unspecified atom stereocenters. The molecule has 3 aromatic rings. The highest BCUT2D eigenvalue weighted by atomic mass is 35.5. The fraction of sp³-hybridized carbons (Fsp3) is 0.0625. The minimum absolute atomic E-state index is 0.165. The van der Waals surface area contributed by atoms with Gasteiger partial charge >= 0.3 is 0 Å². The van der Waals surface area contributed by atoms with E-state index in [0.717, 1.165) is 10.8 Å². The van der Waals surface area contributed by atoms with Gasteiger partial charge in [0, 0.05) is 5.39 Å². The van der Waals surface area contributed by atoms with Crippen molar-refractivity contribution in [2.45, 2.75) is 10.6 Å². The lowest BCUT2D eigenvalue weighted by Gasteiger charge is -2.06. The Morgan fingerprint density at radius 2 is 1.62 bits per heavy atom. The maximum absolute atomic E-state index is 12.4. The molecule has 0 aliphatic carbocycles. The molecule has 0 fully saturated rings. The third-order valence-electron chi connectivity index (χ3n) is 3.19. The Labute approximate surface area is 128 Å². The van der Waals surface area contributed by atoms with Crippen LogP contribution in [-0.4, -0.2) is 13.4 Å². The number of sulfone groups is 1. The lowest BCUT2D eigenvalue weighted by molar-refractivity contribution is 0.594. The maximum Gasteiger partial charge on any atom is 0.184 e. The van der Waals surface area contributed by atoms with Gasteiger partial charge in [0.2, 0.25) is 0 Å². The van der Waals surface area contributed by atoms with E-state index in [1.165, 1.54) is 0 Å². The van der Waals surface area contributed by atoms with Gasteiger partial charge in [-0.05, 0) is 23.6 Å². The molecule has 3 rings (SSSR count). The summed E-state index contributed by atoms with van der Waals surface area (Å²) in [6.07, 6.45) is 0. The first-order valence-electron chi connectivity index (χ1n) is 6.38. The van der Waals surface area contributed by atoms with Gasteiger partial charge in [-0.2, -0.15) is 0 Å². The van der Waals surface area contributed by atoms with Crippen LogP contribution in [0.25, 0.3) is 10.8 Å². The predicted molar refractivity (Wildman–Crippen MR) is 84.1 cm³/mol. The molecule has 0 bridgehead atoms. The van der Waals surface area contributed by atoms with Crippen LogP contribution in [0.1, 0.15) is 5.69 Å². The van der Waals surface area contributed by atoms with E-state index in [2.05, 4.69) is 4.98 Å². The number of fused-ring (bicyclic) bond motifs is 1. The van der Waals surface area contributed by atoms with Gasteiger partial charge in [0.05, 0.1) is 16.3 Å². The van der Waals surface area contributed by atoms with Gasteiger partial charge in [-0.25, -0.2) is 13.4 Å². The van der Waals surface area contributed by atoms with Crippen LogP contribution in [-0.2, 0) is 15.6 Å². The van der Waals surface area contributed by atoms with Crippen LogP contribution in [0.15, 0.2) is 65.6 Å². The quantitative estimate of drug-likeness (QED) is 0.689. The summed E-state index contributed by atoms with van der Waals surface area (Å²) in [5, 5.41) is 2.03. The van der Waals surface area contributed by atoms with Crippen molar-refractivity contribution >= 4 is 32.2 Å². The van der Waals surface area contributed by atoms with Crippen molar-refractivity contribution in [2.75, 3.05) is 0 Å². The Morgan fingerprint density at radius 1 is 0.952 bits per heavy atom. The summed E-state index contributed by atoms with van der Waals surface area (Å²) in [5.41, 5.74) is 0.447. The van der Waals surface area contributed by atoms with Crippen molar-refractivity contribution < 1.29 is 8.42 Å². The van der Waals surface area contributed by atoms with Crippen molar-refractivity contribution in [1.29, 1.82) is 0 Å². The average molecular weight is 318 g/mol. The molecule has 0 N–H and O–H groups in total. The molecule has 0 radical (unpaired) electrons. The number of pyridine rings is 1. The normalized spacial score (nSPS) is 11.7. The first-order chi connectivity index (χ1) is 10.1. The fourth-order valence-corrected chi connectivity index (χ4v) is 3.75. The Bertz CT molecular complexity index is 893. The number of hydrogen-bond donors (Lipinski definition) is 0. The van der Waals surface area contributed by atoms with Gasteiger partial charge in [-0.15, -0.1) is 0 Å². The second kappa shape index (κ2) is 5.47. The van der Waals surface area contributed by atoms with E-state index >= 15 is 0 Å². The van der Waals surface area contributed by atoms with Gasteiger partial charge < -0.3 is 0 Å². The van der Waals surface area contributed by atoms with Crippen molar-refractivity contribution in [3.05, 3.63) is 71.5 Å². The van der Waals surface area contributed by atoms with Crippen molar-refractivity contribution in [3.8, 4) is 0 Å². The van der Waals surface area contributed by atoms with Crippen molar-refractivity contribution in [3.63, 3.8) is 0 Å². The van der Waals surface area contributed by atoms with E-state index in [1.807, 2.05) is 24.3 Å². The first kappa shape index (κ1) is 14.0. The van der Waals surface area contributed by atoms with E-state index in [1.54, 1.807) is 36.4 Å². The summed E-state index contributed by atoms with van der Waals surface area (Å²) < 4.78 is 24.7. The Morgan fingerprint density at radius 3 is 2.38 bits per heavy atom. The van der Waals surface area contributed by atoms with Crippen LogP contribution in [0.4, 0.5) is 0 Å². The summed E-state index contributed by atoms with van der Waals surface area (Å²) in [5.74, 6) is -0.165. The van der Waals surface area contributed by atoms with E-state index in [0.29, 0.717) is 10.8 Å². The number of benzene rings is 2. The lowest BCUT2D eigenvalue weighted by atomic mass is 10.1. The summed E-state index contributed by atoms with van der Waals surface area (Å²) in [4.78, 5) is 4.49. The zero-order valence-electron chi connectivity index (χ0n) is 11.0. The van der Waals surface area contributed by atoms with Crippen LogP contribution < -0.4 is 0 Å². The Balaban J connectivity index is 2.02. The molecule has 5 heteroatoms. The highest BCUT2D eigenvalue weighted by Gasteiger charge is 2.16. The van der Waals surface area contributed by atoms with Crippen LogP contribution in [0, 0.1) is 0 Å². The van der Waals surface area contributed by atoms with E-state index in [4.69, 9.17) is 11.6 Å². The van der Waals surface area contributed by atoms with Gasteiger partial charge in [0.25, 0.3) is 0 Å². The highest BCUT2D eigenvalue weighted by Crippen LogP contribution is 2.24. The molecule has 0 spiro atoms. The summed E-state index contributed by atoms with van der Waals surface area (Å²) in [7, 11) is -3.42. The topological polar surface area (TPSA) is 47.0 Å². The van der Waals surface area contributed by atoms with Crippen molar-refractivity contribution in [1.82, 2.24) is 4.98 Å². The monoisotopic (exact) mass is 317 g/mol. The third kappa shape index (κ3) is 2.91. The van der Waals surface area contributed by atoms with Gasteiger partial charge in [-0.3, -0.25) is 0 Å². The maximum atomic E-state index is 12.4. The van der Waals surface area contributed by atoms with Gasteiger partial charge in [0.1, 0.15) is 5.15 Å². The summed E-state index contributed by atoms with van der Waals surface area (Å²) in [6.45, 7) is 0. The fourth-order valence-electron chi connectivity index (χ4n) is 2.19. The zero-order chi connectivity index (χ0) is 14.9. The number of hydrogen-bond acceptors (Lipinski definition) is 3. The molecular formula is C16H12ClNO2S. The molecule has 1 heterocycles. The van der Waals surface area contributed by atoms with E-state index in [9.17, 15) is 8.42 Å². The Hall–Kier alpha value is -1.91. The number of rotatable bonds is 3. The largest absolute Gasteiger partial charge is 0.239 e. The number of halogens is 1. The van der Waals surface area contributed by atoms with Crippen LogP contribution in [0.5, 0.6) is 0 Å². The minimum atomic E-state index is -3.42. The molecule has 0 aliphatic rings. The molecular weight excluding hydrogens is 306 g/mol. The summed E-state index contributed by atoms with van der Waals surface area (Å²) in [6, 6.07) is 17.6. The van der Waals surface area contributed by atoms with Crippen LogP contribution in [0.3, 0.4) is 0 Å². The SMILES string of the molecule is O=S(=O)(Cc1cc2ccccc2c(Cl)n1)c1ccccc1. The number of aromatic nitrogens is 1. The zero-order valence-corrected chi connectivity index (χ0v) is 12.6. The van der Waals surface area contributed by atoms with Crippen molar-refractivity contribution in [2.24, 2.45) is 0 Å². The molecule has 0 amide bonds. The molecule has 0 saturated heterocycles. The molecule has 0 atom stereocenters. The predicted octanol–water partition coefficient (Wildman–Crippen LogP) is 3.86. The lowest BCUT2D eigenvalue weighted by Crippen LogP contribution is -2.06. The first-order valence-corrected chi connectivity index (χ1v) is 8.41. The van der Waals surface area contributed by atoms with Gasteiger partial charge in [-0.1, -0.05) is 54.1 Å². The van der Waals surface area contributed by atoms with E-state index in [-0.39, 0.29) is 10.6 Å². The minimum Gasteiger partial charge on any atom is -0.239 e. The van der Waals surface area contributed by atoms with Gasteiger partial charge in [0.15, 0.2) is 9.84 Å². The van der Waals surface area contributed by atoms with Crippen LogP contribution >= 0.6 is 11.6 Å². The standard InChI is InChI=1S/C16H12ClNO2S/c17-16-15-9-5-4-6-12(15)10-13(18-16)11-21(19,20)14-7-2-1-3-8-14/h1-10H,11H2. The second-order valence-corrected chi connectivity index (χ2v) is 7.05. The molecule has 106 valence electrons.